The number of hydrogen-bond donors (Lipinski definition) is 1. The molecule has 104 valence electrons. The van der Waals surface area contributed by atoms with Crippen LogP contribution in [0.15, 0.2) is 18.2 Å². The minimum absolute atomic E-state index is 0.107. The van der Waals surface area contributed by atoms with Crippen molar-refractivity contribution in [3.8, 4) is 5.75 Å². The van der Waals surface area contributed by atoms with Crippen LogP contribution in [-0.4, -0.2) is 17.7 Å². The van der Waals surface area contributed by atoms with Crippen LogP contribution in [0, 0.1) is 18.8 Å². The van der Waals surface area contributed by atoms with Gasteiger partial charge in [-0.2, -0.15) is 0 Å². The molecule has 2 unspecified atom stereocenters. The fourth-order valence-electron chi connectivity index (χ4n) is 2.47. The van der Waals surface area contributed by atoms with Gasteiger partial charge in [0.2, 0.25) is 0 Å². The smallest absolute Gasteiger partial charge is 0.306 e. The molecular weight excluding hydrogens is 240 g/mol. The van der Waals surface area contributed by atoms with Crippen molar-refractivity contribution in [3.63, 3.8) is 0 Å². The monoisotopic (exact) mass is 262 g/mol. The number of carboxylic acids is 1. The van der Waals surface area contributed by atoms with Gasteiger partial charge in [-0.1, -0.05) is 24.6 Å². The zero-order valence-corrected chi connectivity index (χ0v) is 11.7. The summed E-state index contributed by atoms with van der Waals surface area (Å²) in [6, 6.07) is 6.25. The molecule has 0 bridgehead atoms. The highest BCUT2D eigenvalue weighted by Gasteiger charge is 2.42. The van der Waals surface area contributed by atoms with E-state index in [0.29, 0.717) is 5.92 Å². The van der Waals surface area contributed by atoms with Crippen LogP contribution in [0.2, 0.25) is 0 Å². The highest BCUT2D eigenvalue weighted by molar-refractivity contribution is 5.73. The summed E-state index contributed by atoms with van der Waals surface area (Å²) in [6.07, 6.45) is 3.70. The number of aryl methyl sites for hydroxylation is 2. The van der Waals surface area contributed by atoms with Gasteiger partial charge in [0, 0.05) is 0 Å². The van der Waals surface area contributed by atoms with Crippen molar-refractivity contribution >= 4 is 5.97 Å². The van der Waals surface area contributed by atoms with Crippen molar-refractivity contribution < 1.29 is 14.6 Å². The SMILES string of the molecule is CCCOc1ccc(C)cc1CCC1CC1C(=O)O. The molecule has 0 radical (unpaired) electrons. The van der Waals surface area contributed by atoms with Crippen LogP contribution in [0.3, 0.4) is 0 Å². The first kappa shape index (κ1) is 13.9. The number of rotatable bonds is 7. The Kier molecular flexibility index (Phi) is 4.46. The van der Waals surface area contributed by atoms with E-state index in [4.69, 9.17) is 9.84 Å². The van der Waals surface area contributed by atoms with E-state index in [-0.39, 0.29) is 5.92 Å². The molecule has 1 aliphatic carbocycles. The summed E-state index contributed by atoms with van der Waals surface area (Å²) in [5, 5.41) is 8.91. The fraction of sp³-hybridized carbons (Fsp3) is 0.562. The molecule has 3 heteroatoms. The van der Waals surface area contributed by atoms with Gasteiger partial charge in [-0.3, -0.25) is 4.79 Å². The quantitative estimate of drug-likeness (QED) is 0.818. The van der Waals surface area contributed by atoms with Crippen LogP contribution >= 0.6 is 0 Å². The molecule has 1 saturated carbocycles. The van der Waals surface area contributed by atoms with Crippen molar-refractivity contribution in [3.05, 3.63) is 29.3 Å². The van der Waals surface area contributed by atoms with E-state index in [9.17, 15) is 4.79 Å². The Balaban J connectivity index is 1.94. The Morgan fingerprint density at radius 3 is 2.89 bits per heavy atom. The molecule has 0 amide bonds. The molecule has 0 saturated heterocycles. The Hall–Kier alpha value is -1.51. The van der Waals surface area contributed by atoms with Gasteiger partial charge in [-0.25, -0.2) is 0 Å². The molecule has 2 atom stereocenters. The summed E-state index contributed by atoms with van der Waals surface area (Å²) >= 11 is 0. The van der Waals surface area contributed by atoms with E-state index in [2.05, 4.69) is 26.0 Å². The summed E-state index contributed by atoms with van der Waals surface area (Å²) in [5.41, 5.74) is 2.44. The highest BCUT2D eigenvalue weighted by atomic mass is 16.5. The van der Waals surface area contributed by atoms with Crippen LogP contribution in [0.1, 0.15) is 37.3 Å². The van der Waals surface area contributed by atoms with Crippen LogP contribution in [0.4, 0.5) is 0 Å². The first-order valence-corrected chi connectivity index (χ1v) is 7.07. The Bertz CT molecular complexity index is 453. The molecule has 1 fully saturated rings. The minimum atomic E-state index is -0.642. The van der Waals surface area contributed by atoms with Gasteiger partial charge >= 0.3 is 5.97 Å². The maximum atomic E-state index is 10.8. The number of carboxylic acid groups (broad SMARTS) is 1. The Labute approximate surface area is 114 Å². The topological polar surface area (TPSA) is 46.5 Å². The van der Waals surface area contributed by atoms with E-state index < -0.39 is 5.97 Å². The van der Waals surface area contributed by atoms with E-state index in [1.165, 1.54) is 11.1 Å². The van der Waals surface area contributed by atoms with E-state index in [1.54, 1.807) is 0 Å². The second-order valence-corrected chi connectivity index (χ2v) is 5.44. The number of benzene rings is 1. The van der Waals surface area contributed by atoms with Crippen molar-refractivity contribution in [1.29, 1.82) is 0 Å². The molecule has 0 aliphatic heterocycles. The van der Waals surface area contributed by atoms with E-state index >= 15 is 0 Å². The van der Waals surface area contributed by atoms with Crippen LogP contribution in [0.25, 0.3) is 0 Å². The molecule has 2 rings (SSSR count). The molecule has 1 aliphatic rings. The standard InChI is InChI=1S/C16H22O3/c1-3-8-19-15-7-4-11(2)9-13(15)6-5-12-10-14(12)16(17)18/h4,7,9,12,14H,3,5-6,8,10H2,1-2H3,(H,17,18). The fourth-order valence-corrected chi connectivity index (χ4v) is 2.47. The second kappa shape index (κ2) is 6.09. The van der Waals surface area contributed by atoms with E-state index in [0.717, 1.165) is 38.0 Å². The third-order valence-electron chi connectivity index (χ3n) is 3.70. The average Bonchev–Trinajstić information content (AvgIpc) is 3.15. The van der Waals surface area contributed by atoms with Gasteiger partial charge in [-0.05, 0) is 50.2 Å². The maximum Gasteiger partial charge on any atom is 0.306 e. The predicted octanol–water partition coefficient (Wildman–Crippen LogP) is 3.44. The molecule has 19 heavy (non-hydrogen) atoms. The lowest BCUT2D eigenvalue weighted by atomic mass is 10.0. The molecule has 0 aromatic heterocycles. The predicted molar refractivity (Wildman–Crippen MR) is 74.5 cm³/mol. The third kappa shape index (κ3) is 3.72. The summed E-state index contributed by atoms with van der Waals surface area (Å²) < 4.78 is 5.75. The normalized spacial score (nSPS) is 21.2. The third-order valence-corrected chi connectivity index (χ3v) is 3.70. The molecular formula is C16H22O3. The first-order valence-electron chi connectivity index (χ1n) is 7.07. The summed E-state index contributed by atoms with van der Waals surface area (Å²) in [5.74, 6) is 0.568. The number of aliphatic carboxylic acids is 1. The molecule has 1 aromatic carbocycles. The van der Waals surface area contributed by atoms with Crippen molar-refractivity contribution in [2.24, 2.45) is 11.8 Å². The second-order valence-electron chi connectivity index (χ2n) is 5.44. The highest BCUT2D eigenvalue weighted by Crippen LogP contribution is 2.42. The van der Waals surface area contributed by atoms with Gasteiger partial charge in [0.1, 0.15) is 5.75 Å². The summed E-state index contributed by atoms with van der Waals surface area (Å²) in [4.78, 5) is 10.8. The van der Waals surface area contributed by atoms with Gasteiger partial charge in [0.05, 0.1) is 12.5 Å². The maximum absolute atomic E-state index is 10.8. The molecule has 0 heterocycles. The van der Waals surface area contributed by atoms with E-state index in [1.807, 2.05) is 6.07 Å². The minimum Gasteiger partial charge on any atom is -0.493 e. The lowest BCUT2D eigenvalue weighted by Crippen LogP contribution is -2.02. The Morgan fingerprint density at radius 2 is 2.26 bits per heavy atom. The molecule has 1 N–H and O–H groups in total. The van der Waals surface area contributed by atoms with Crippen LogP contribution in [-0.2, 0) is 11.2 Å². The molecule has 1 aromatic rings. The Morgan fingerprint density at radius 1 is 1.47 bits per heavy atom. The van der Waals surface area contributed by atoms with Crippen LogP contribution < -0.4 is 4.74 Å². The lowest BCUT2D eigenvalue weighted by molar-refractivity contribution is -0.138. The lowest BCUT2D eigenvalue weighted by Gasteiger charge is -2.11. The zero-order chi connectivity index (χ0) is 13.8. The van der Waals surface area contributed by atoms with Crippen molar-refractivity contribution in [2.75, 3.05) is 6.61 Å². The van der Waals surface area contributed by atoms with Crippen molar-refractivity contribution in [2.45, 2.75) is 39.5 Å². The summed E-state index contributed by atoms with van der Waals surface area (Å²) in [6.45, 7) is 4.90. The van der Waals surface area contributed by atoms with Crippen LogP contribution in [0.5, 0.6) is 5.75 Å². The molecule has 0 spiro atoms. The molecule has 3 nitrogen and oxygen atoms in total. The number of hydrogen-bond acceptors (Lipinski definition) is 2. The number of carbonyl (C=O) groups is 1. The zero-order valence-electron chi connectivity index (χ0n) is 11.7. The van der Waals surface area contributed by atoms with Gasteiger partial charge < -0.3 is 9.84 Å². The van der Waals surface area contributed by atoms with Gasteiger partial charge in [0.25, 0.3) is 0 Å². The number of ether oxygens (including phenoxy) is 1. The van der Waals surface area contributed by atoms with Gasteiger partial charge in [-0.15, -0.1) is 0 Å². The largest absolute Gasteiger partial charge is 0.493 e. The average molecular weight is 262 g/mol. The first-order chi connectivity index (χ1) is 9.11. The van der Waals surface area contributed by atoms with Gasteiger partial charge in [0.15, 0.2) is 0 Å². The van der Waals surface area contributed by atoms with Crippen molar-refractivity contribution in [1.82, 2.24) is 0 Å². The summed E-state index contributed by atoms with van der Waals surface area (Å²) in [7, 11) is 0.